The number of aromatic nitrogens is 2. The van der Waals surface area contributed by atoms with Crippen LogP contribution < -0.4 is 5.32 Å². The number of hydrogen-bond donors (Lipinski definition) is 1. The molecule has 4 rings (SSSR count). The second kappa shape index (κ2) is 8.54. The Morgan fingerprint density at radius 1 is 1.19 bits per heavy atom. The van der Waals surface area contributed by atoms with Crippen molar-refractivity contribution in [2.24, 2.45) is 0 Å². The third-order valence-corrected chi connectivity index (χ3v) is 5.16. The maximum Gasteiger partial charge on any atom is 0.321 e. The van der Waals surface area contributed by atoms with E-state index in [4.69, 9.17) is 4.74 Å². The number of carbonyl (C=O) groups is 1. The van der Waals surface area contributed by atoms with E-state index in [0.29, 0.717) is 6.54 Å². The second-order valence-corrected chi connectivity index (χ2v) is 7.23. The molecule has 0 aliphatic carbocycles. The fraction of sp³-hybridized carbons (Fsp3) is 0.500. The van der Waals surface area contributed by atoms with E-state index < -0.39 is 0 Å². The summed E-state index contributed by atoms with van der Waals surface area (Å²) in [4.78, 5) is 17.2. The minimum absolute atomic E-state index is 0.0652. The van der Waals surface area contributed by atoms with Crippen LogP contribution >= 0.6 is 0 Å². The van der Waals surface area contributed by atoms with Crippen molar-refractivity contribution < 1.29 is 9.53 Å². The van der Waals surface area contributed by atoms with Gasteiger partial charge in [0.1, 0.15) is 0 Å². The molecule has 2 aromatic rings. The number of carbonyl (C=O) groups excluding carboxylic acids is 1. The Bertz CT molecular complexity index is 743. The predicted molar refractivity (Wildman–Crippen MR) is 104 cm³/mol. The van der Waals surface area contributed by atoms with Crippen LogP contribution in [0.5, 0.6) is 0 Å². The van der Waals surface area contributed by atoms with Crippen LogP contribution in [0.1, 0.15) is 19.3 Å². The molecule has 7 heteroatoms. The SMILES string of the molecule is O=C(Nc1cccc(-n2cccn2)c1)N1CCCO[C@@H](CN2CCCC2)C1. The van der Waals surface area contributed by atoms with Crippen LogP contribution in [0.3, 0.4) is 0 Å². The zero-order valence-corrected chi connectivity index (χ0v) is 15.6. The molecule has 1 aromatic carbocycles. The topological polar surface area (TPSA) is 62.6 Å². The van der Waals surface area contributed by atoms with Crippen molar-refractivity contribution in [3.05, 3.63) is 42.7 Å². The first-order chi connectivity index (χ1) is 13.3. The van der Waals surface area contributed by atoms with Crippen LogP contribution in [0.4, 0.5) is 10.5 Å². The Labute approximate surface area is 159 Å². The van der Waals surface area contributed by atoms with Gasteiger partial charge in [0.05, 0.1) is 11.8 Å². The molecule has 2 amide bonds. The number of anilines is 1. The molecular formula is C20H27N5O2. The van der Waals surface area contributed by atoms with Crippen LogP contribution in [-0.4, -0.2) is 71.0 Å². The zero-order valence-electron chi connectivity index (χ0n) is 15.6. The fourth-order valence-corrected chi connectivity index (χ4v) is 3.79. The normalized spacial score (nSPS) is 21.2. The third-order valence-electron chi connectivity index (χ3n) is 5.16. The van der Waals surface area contributed by atoms with E-state index in [1.165, 1.54) is 12.8 Å². The minimum atomic E-state index is -0.0652. The van der Waals surface area contributed by atoms with E-state index in [2.05, 4.69) is 15.3 Å². The van der Waals surface area contributed by atoms with Gasteiger partial charge in [-0.25, -0.2) is 9.48 Å². The Hall–Kier alpha value is -2.38. The molecule has 2 aliphatic heterocycles. The highest BCUT2D eigenvalue weighted by Crippen LogP contribution is 2.16. The summed E-state index contributed by atoms with van der Waals surface area (Å²) in [5, 5.41) is 7.27. The lowest BCUT2D eigenvalue weighted by atomic mass is 10.2. The third kappa shape index (κ3) is 4.67. The molecule has 2 aliphatic rings. The molecule has 0 bridgehead atoms. The van der Waals surface area contributed by atoms with Crippen molar-refractivity contribution >= 4 is 11.7 Å². The van der Waals surface area contributed by atoms with Gasteiger partial charge in [-0.1, -0.05) is 6.07 Å². The molecular weight excluding hydrogens is 342 g/mol. The van der Waals surface area contributed by atoms with E-state index >= 15 is 0 Å². The Morgan fingerprint density at radius 3 is 2.89 bits per heavy atom. The molecule has 144 valence electrons. The van der Waals surface area contributed by atoms with Crippen molar-refractivity contribution in [3.8, 4) is 5.69 Å². The van der Waals surface area contributed by atoms with E-state index in [1.54, 1.807) is 10.9 Å². The monoisotopic (exact) mass is 369 g/mol. The Morgan fingerprint density at radius 2 is 2.07 bits per heavy atom. The lowest BCUT2D eigenvalue weighted by Gasteiger charge is -2.27. The number of nitrogens with one attached hydrogen (secondary N) is 1. The van der Waals surface area contributed by atoms with Gasteiger partial charge in [-0.15, -0.1) is 0 Å². The van der Waals surface area contributed by atoms with Crippen LogP contribution in [0.25, 0.3) is 5.69 Å². The molecule has 1 aromatic heterocycles. The highest BCUT2D eigenvalue weighted by molar-refractivity contribution is 5.89. The molecule has 27 heavy (non-hydrogen) atoms. The van der Waals surface area contributed by atoms with Crippen LogP contribution in [0.2, 0.25) is 0 Å². The maximum atomic E-state index is 12.8. The lowest BCUT2D eigenvalue weighted by molar-refractivity contribution is 0.0355. The minimum Gasteiger partial charge on any atom is -0.375 e. The molecule has 3 heterocycles. The summed E-state index contributed by atoms with van der Waals surface area (Å²) in [6, 6.07) is 9.54. The van der Waals surface area contributed by atoms with E-state index in [1.807, 2.05) is 41.4 Å². The number of ether oxygens (including phenoxy) is 1. The lowest BCUT2D eigenvalue weighted by Crippen LogP contribution is -2.43. The van der Waals surface area contributed by atoms with Gasteiger partial charge in [0.2, 0.25) is 0 Å². The van der Waals surface area contributed by atoms with Crippen molar-refractivity contribution in [1.29, 1.82) is 0 Å². The highest BCUT2D eigenvalue weighted by atomic mass is 16.5. The average molecular weight is 369 g/mol. The summed E-state index contributed by atoms with van der Waals surface area (Å²) >= 11 is 0. The number of benzene rings is 1. The number of rotatable bonds is 4. The molecule has 7 nitrogen and oxygen atoms in total. The molecule has 2 saturated heterocycles. The Kier molecular flexibility index (Phi) is 5.69. The molecule has 0 radical (unpaired) electrons. The van der Waals surface area contributed by atoms with Crippen molar-refractivity contribution in [2.75, 3.05) is 44.6 Å². The quantitative estimate of drug-likeness (QED) is 0.900. The first kappa shape index (κ1) is 18.0. The molecule has 0 unspecified atom stereocenters. The second-order valence-electron chi connectivity index (χ2n) is 7.23. The largest absolute Gasteiger partial charge is 0.375 e. The zero-order chi connectivity index (χ0) is 18.5. The standard InChI is InChI=1S/C20H27N5O2/c26-20(22-17-6-3-7-18(14-17)25-12-4-8-21-25)24-11-5-13-27-19(16-24)15-23-9-1-2-10-23/h3-4,6-8,12,14,19H,1-2,5,9-11,13,15-16H2,(H,22,26)/t19-/m0/s1. The van der Waals surface area contributed by atoms with Crippen molar-refractivity contribution in [1.82, 2.24) is 19.6 Å². The van der Waals surface area contributed by atoms with Gasteiger partial charge in [0.15, 0.2) is 0 Å². The highest BCUT2D eigenvalue weighted by Gasteiger charge is 2.25. The van der Waals surface area contributed by atoms with Crippen LogP contribution in [0.15, 0.2) is 42.7 Å². The number of nitrogens with zero attached hydrogens (tertiary/aromatic N) is 4. The van der Waals surface area contributed by atoms with Gasteiger partial charge in [-0.3, -0.25) is 0 Å². The molecule has 1 atom stereocenters. The molecule has 1 N–H and O–H groups in total. The summed E-state index contributed by atoms with van der Waals surface area (Å²) in [5.41, 5.74) is 1.69. The van der Waals surface area contributed by atoms with Gasteiger partial charge in [0, 0.05) is 44.3 Å². The van der Waals surface area contributed by atoms with Crippen LogP contribution in [-0.2, 0) is 4.74 Å². The summed E-state index contributed by atoms with van der Waals surface area (Å²) in [7, 11) is 0. The van der Waals surface area contributed by atoms with Gasteiger partial charge < -0.3 is 19.9 Å². The summed E-state index contributed by atoms with van der Waals surface area (Å²) in [6.07, 6.45) is 7.12. The smallest absolute Gasteiger partial charge is 0.321 e. The number of urea groups is 1. The number of amides is 2. The summed E-state index contributed by atoms with van der Waals surface area (Å²) < 4.78 is 7.77. The first-order valence-electron chi connectivity index (χ1n) is 9.78. The van der Waals surface area contributed by atoms with E-state index in [0.717, 1.165) is 50.6 Å². The summed E-state index contributed by atoms with van der Waals surface area (Å²) in [5.74, 6) is 0. The Balaban J connectivity index is 1.38. The number of hydrogen-bond acceptors (Lipinski definition) is 4. The summed E-state index contributed by atoms with van der Waals surface area (Å²) in [6.45, 7) is 5.29. The van der Waals surface area contributed by atoms with Gasteiger partial charge in [0.25, 0.3) is 0 Å². The number of likely N-dealkylation sites (tertiary alicyclic amines) is 1. The molecule has 2 fully saturated rings. The average Bonchev–Trinajstić information content (AvgIpc) is 3.34. The van der Waals surface area contributed by atoms with Crippen molar-refractivity contribution in [3.63, 3.8) is 0 Å². The maximum absolute atomic E-state index is 12.8. The molecule has 0 saturated carbocycles. The van der Waals surface area contributed by atoms with E-state index in [-0.39, 0.29) is 12.1 Å². The van der Waals surface area contributed by atoms with Gasteiger partial charge in [-0.2, -0.15) is 5.10 Å². The van der Waals surface area contributed by atoms with Gasteiger partial charge in [-0.05, 0) is 56.6 Å². The van der Waals surface area contributed by atoms with E-state index in [9.17, 15) is 4.79 Å². The van der Waals surface area contributed by atoms with Crippen molar-refractivity contribution in [2.45, 2.75) is 25.4 Å². The molecule has 0 spiro atoms. The predicted octanol–water partition coefficient (Wildman–Crippen LogP) is 2.59. The first-order valence-corrected chi connectivity index (χ1v) is 9.78. The van der Waals surface area contributed by atoms with Gasteiger partial charge >= 0.3 is 6.03 Å². The fourth-order valence-electron chi connectivity index (χ4n) is 3.79. The van der Waals surface area contributed by atoms with Crippen LogP contribution in [0, 0.1) is 0 Å².